The van der Waals surface area contributed by atoms with Crippen LogP contribution in [0.1, 0.15) is 0 Å². The van der Waals surface area contributed by atoms with Crippen molar-refractivity contribution in [1.82, 2.24) is 14.5 Å². The molecule has 0 amide bonds. The highest BCUT2D eigenvalue weighted by atomic mass is 35.5. The summed E-state index contributed by atoms with van der Waals surface area (Å²) in [7, 11) is 0. The number of nitrogens with zero attached hydrogens (tertiary/aromatic N) is 2. The number of hydrogen-bond acceptors (Lipinski definition) is 2. The predicted molar refractivity (Wildman–Crippen MR) is 88.8 cm³/mol. The van der Waals surface area contributed by atoms with Gasteiger partial charge in [0.15, 0.2) is 4.77 Å². The van der Waals surface area contributed by atoms with Gasteiger partial charge in [0.25, 0.3) is 0 Å². The van der Waals surface area contributed by atoms with E-state index in [1.807, 2.05) is 47.2 Å². The van der Waals surface area contributed by atoms with E-state index in [1.54, 1.807) is 6.20 Å². The van der Waals surface area contributed by atoms with Gasteiger partial charge in [0.05, 0.1) is 16.7 Å². The van der Waals surface area contributed by atoms with Gasteiger partial charge < -0.3 is 4.98 Å². The molecule has 1 N–H and O–H groups in total. The van der Waals surface area contributed by atoms with E-state index in [4.69, 9.17) is 23.8 Å². The molecule has 0 spiro atoms. The summed E-state index contributed by atoms with van der Waals surface area (Å²) in [6, 6.07) is 13.8. The van der Waals surface area contributed by atoms with Gasteiger partial charge >= 0.3 is 0 Å². The maximum absolute atomic E-state index is 6.05. The lowest BCUT2D eigenvalue weighted by Crippen LogP contribution is -1.95. The van der Waals surface area contributed by atoms with Crippen molar-refractivity contribution in [3.05, 3.63) is 64.7 Å². The summed E-state index contributed by atoms with van der Waals surface area (Å²) in [6.07, 6.45) is 3.65. The van der Waals surface area contributed by atoms with Crippen LogP contribution in [0.3, 0.4) is 0 Å². The molecule has 21 heavy (non-hydrogen) atoms. The Morgan fingerprint density at radius 1 is 1.14 bits per heavy atom. The van der Waals surface area contributed by atoms with Crippen molar-refractivity contribution in [2.75, 3.05) is 0 Å². The second kappa shape index (κ2) is 4.69. The van der Waals surface area contributed by atoms with E-state index in [9.17, 15) is 0 Å². The summed E-state index contributed by atoms with van der Waals surface area (Å²) in [5.74, 6) is 0. The minimum atomic E-state index is 0.642. The monoisotopic (exact) mass is 311 g/mol. The number of benzene rings is 2. The lowest BCUT2D eigenvalue weighted by Gasteiger charge is -2.08. The molecule has 2 aromatic carbocycles. The normalized spacial score (nSPS) is 11.3. The largest absolute Gasteiger partial charge is 0.330 e. The summed E-state index contributed by atoms with van der Waals surface area (Å²) in [6.45, 7) is 0. The maximum Gasteiger partial charge on any atom is 0.182 e. The van der Waals surface area contributed by atoms with Gasteiger partial charge in [0.2, 0.25) is 0 Å². The van der Waals surface area contributed by atoms with E-state index < -0.39 is 0 Å². The van der Waals surface area contributed by atoms with Crippen LogP contribution in [-0.2, 0) is 0 Å². The Kier molecular flexibility index (Phi) is 2.80. The van der Waals surface area contributed by atoms with E-state index in [0.717, 1.165) is 27.5 Å². The Labute approximate surface area is 130 Å². The lowest BCUT2D eigenvalue weighted by atomic mass is 10.1. The number of halogens is 1. The molecule has 4 aromatic rings. The fourth-order valence-electron chi connectivity index (χ4n) is 2.62. The molecule has 3 nitrogen and oxygen atoms in total. The second-order valence-corrected chi connectivity index (χ2v) is 5.62. The molecule has 0 atom stereocenters. The van der Waals surface area contributed by atoms with Gasteiger partial charge in [0.1, 0.15) is 0 Å². The standard InChI is InChI=1S/C16H10ClN3S/c17-11-4-5-15-13(8-11)19-16(21)20(15)14-3-1-2-10-6-7-18-9-12(10)14/h1-9H,(H,19,21). The Bertz CT molecular complexity index is 1030. The van der Waals surface area contributed by atoms with E-state index in [2.05, 4.69) is 16.0 Å². The molecule has 0 aliphatic heterocycles. The van der Waals surface area contributed by atoms with Crippen molar-refractivity contribution in [3.8, 4) is 5.69 Å². The van der Waals surface area contributed by atoms with Crippen LogP contribution in [-0.4, -0.2) is 14.5 Å². The average molecular weight is 312 g/mol. The average Bonchev–Trinajstić information content (AvgIpc) is 2.81. The SMILES string of the molecule is S=c1[nH]c2cc(Cl)ccc2n1-c1cccc2ccncc12. The van der Waals surface area contributed by atoms with Crippen molar-refractivity contribution in [1.29, 1.82) is 0 Å². The zero-order valence-corrected chi connectivity index (χ0v) is 12.4. The number of imidazole rings is 1. The maximum atomic E-state index is 6.05. The van der Waals surface area contributed by atoms with Gasteiger partial charge in [-0.3, -0.25) is 9.55 Å². The summed E-state index contributed by atoms with van der Waals surface area (Å²) in [5.41, 5.74) is 2.94. The lowest BCUT2D eigenvalue weighted by molar-refractivity contribution is 1.07. The molecule has 0 aliphatic carbocycles. The zero-order valence-electron chi connectivity index (χ0n) is 10.9. The van der Waals surface area contributed by atoms with Crippen molar-refractivity contribution in [3.63, 3.8) is 0 Å². The molecule has 0 unspecified atom stereocenters. The summed E-state index contributed by atoms with van der Waals surface area (Å²) in [5, 5.41) is 2.88. The molecule has 0 aliphatic rings. The quantitative estimate of drug-likeness (QED) is 0.508. The molecule has 0 fully saturated rings. The van der Waals surface area contributed by atoms with Crippen LogP contribution in [0.25, 0.3) is 27.5 Å². The van der Waals surface area contributed by atoms with Gasteiger partial charge in [-0.2, -0.15) is 0 Å². The Morgan fingerprint density at radius 3 is 2.95 bits per heavy atom. The first-order valence-corrected chi connectivity index (χ1v) is 7.26. The molecule has 0 saturated carbocycles. The van der Waals surface area contributed by atoms with Gasteiger partial charge in [-0.1, -0.05) is 23.7 Å². The van der Waals surface area contributed by atoms with Gasteiger partial charge in [-0.15, -0.1) is 0 Å². The van der Waals surface area contributed by atoms with Gasteiger partial charge in [-0.25, -0.2) is 0 Å². The number of rotatable bonds is 1. The van der Waals surface area contributed by atoms with Gasteiger partial charge in [0, 0.05) is 22.8 Å². The Hall–Kier alpha value is -2.17. The van der Waals surface area contributed by atoms with Crippen LogP contribution >= 0.6 is 23.8 Å². The number of hydrogen-bond donors (Lipinski definition) is 1. The Balaban J connectivity index is 2.14. The molecule has 5 heteroatoms. The van der Waals surface area contributed by atoms with E-state index in [-0.39, 0.29) is 0 Å². The fourth-order valence-corrected chi connectivity index (χ4v) is 3.09. The van der Waals surface area contributed by atoms with Crippen LogP contribution < -0.4 is 0 Å². The van der Waals surface area contributed by atoms with Crippen LogP contribution in [0.2, 0.25) is 5.02 Å². The first-order chi connectivity index (χ1) is 10.2. The molecule has 0 radical (unpaired) electrons. The summed E-state index contributed by atoms with van der Waals surface area (Å²) < 4.78 is 2.66. The van der Waals surface area contributed by atoms with Crippen molar-refractivity contribution in [2.24, 2.45) is 0 Å². The number of H-pyrrole nitrogens is 1. The highest BCUT2D eigenvalue weighted by Gasteiger charge is 2.09. The van der Waals surface area contributed by atoms with Crippen LogP contribution in [0.4, 0.5) is 0 Å². The molecule has 4 rings (SSSR count). The highest BCUT2D eigenvalue weighted by Crippen LogP contribution is 2.27. The first-order valence-electron chi connectivity index (χ1n) is 6.47. The van der Waals surface area contributed by atoms with Crippen LogP contribution in [0.15, 0.2) is 54.9 Å². The number of fused-ring (bicyclic) bond motifs is 2. The number of pyridine rings is 1. The van der Waals surface area contributed by atoms with E-state index in [1.165, 1.54) is 0 Å². The fraction of sp³-hybridized carbons (Fsp3) is 0. The number of aromatic nitrogens is 3. The van der Waals surface area contributed by atoms with E-state index >= 15 is 0 Å². The van der Waals surface area contributed by atoms with Crippen molar-refractivity contribution >= 4 is 45.6 Å². The molecule has 0 saturated heterocycles. The molecular weight excluding hydrogens is 302 g/mol. The third kappa shape index (κ3) is 1.95. The van der Waals surface area contributed by atoms with Crippen molar-refractivity contribution in [2.45, 2.75) is 0 Å². The van der Waals surface area contributed by atoms with Crippen molar-refractivity contribution < 1.29 is 0 Å². The van der Waals surface area contributed by atoms with Crippen LogP contribution in [0, 0.1) is 4.77 Å². The van der Waals surface area contributed by atoms with Crippen LogP contribution in [0.5, 0.6) is 0 Å². The third-order valence-electron chi connectivity index (χ3n) is 3.55. The van der Waals surface area contributed by atoms with Gasteiger partial charge in [-0.05, 0) is 47.9 Å². The minimum absolute atomic E-state index is 0.642. The first kappa shape index (κ1) is 12.6. The van der Waals surface area contributed by atoms with E-state index in [0.29, 0.717) is 9.79 Å². The highest BCUT2D eigenvalue weighted by molar-refractivity contribution is 7.71. The minimum Gasteiger partial charge on any atom is -0.330 e. The Morgan fingerprint density at radius 2 is 2.05 bits per heavy atom. The molecular formula is C16H10ClN3S. The zero-order chi connectivity index (χ0) is 14.4. The molecule has 0 bridgehead atoms. The summed E-state index contributed by atoms with van der Waals surface area (Å²) in [4.78, 5) is 7.43. The number of aromatic amines is 1. The molecule has 2 heterocycles. The summed E-state index contributed by atoms with van der Waals surface area (Å²) >= 11 is 11.5. The second-order valence-electron chi connectivity index (χ2n) is 4.80. The number of nitrogens with one attached hydrogen (secondary N) is 1. The molecule has 2 aromatic heterocycles. The smallest absolute Gasteiger partial charge is 0.182 e. The predicted octanol–water partition coefficient (Wildman–Crippen LogP) is 4.89. The third-order valence-corrected chi connectivity index (χ3v) is 4.07. The molecule has 102 valence electrons. The topological polar surface area (TPSA) is 33.6 Å².